The second kappa shape index (κ2) is 5.22. The normalized spacial score (nSPS) is 11.8. The van der Waals surface area contributed by atoms with Crippen LogP contribution in [0.4, 0.5) is 0 Å². The van der Waals surface area contributed by atoms with E-state index in [2.05, 4.69) is 71.3 Å². The van der Waals surface area contributed by atoms with Gasteiger partial charge >= 0.3 is 0 Å². The molecule has 0 bridgehead atoms. The van der Waals surface area contributed by atoms with E-state index in [1.54, 1.807) is 0 Å². The Morgan fingerprint density at radius 1 is 1.17 bits per heavy atom. The molecular weight excluding hydrogens is 290 g/mol. The molecule has 0 saturated heterocycles. The quantitative estimate of drug-likeness (QED) is 0.813. The van der Waals surface area contributed by atoms with E-state index in [0.717, 1.165) is 23.1 Å². The second-order valence-electron chi connectivity index (χ2n) is 5.39. The van der Waals surface area contributed by atoms with Gasteiger partial charge in [0.25, 0.3) is 0 Å². The average Bonchev–Trinajstić information content (AvgIpc) is 2.77. The third-order valence-electron chi connectivity index (χ3n) is 2.89. The molecule has 0 radical (unpaired) electrons. The second-order valence-corrected chi connectivity index (χ2v) is 6.18. The summed E-state index contributed by atoms with van der Waals surface area (Å²) in [5.74, 6) is 0. The Balaban J connectivity index is 2.23. The van der Waals surface area contributed by atoms with Crippen LogP contribution in [-0.2, 0) is 11.8 Å². The molecule has 0 fully saturated rings. The molecule has 4 heteroatoms. The average molecular weight is 308 g/mol. The Labute approximate surface area is 116 Å². The zero-order chi connectivity index (χ0) is 13.2. The van der Waals surface area contributed by atoms with Crippen LogP contribution >= 0.6 is 15.9 Å². The van der Waals surface area contributed by atoms with E-state index in [1.807, 2.05) is 10.9 Å². The number of aryl methyl sites for hydroxylation is 1. The van der Waals surface area contributed by atoms with E-state index in [0.29, 0.717) is 0 Å². The maximum absolute atomic E-state index is 4.14. The summed E-state index contributed by atoms with van der Waals surface area (Å²) in [6.07, 6.45) is 2.88. The molecule has 0 spiro atoms. The number of alkyl halides is 1. The van der Waals surface area contributed by atoms with Gasteiger partial charge in [0.1, 0.15) is 0 Å². The fourth-order valence-corrected chi connectivity index (χ4v) is 2.16. The van der Waals surface area contributed by atoms with Crippen LogP contribution in [0.5, 0.6) is 0 Å². The van der Waals surface area contributed by atoms with E-state index in [9.17, 15) is 0 Å². The first-order valence-corrected chi connectivity index (χ1v) is 7.21. The van der Waals surface area contributed by atoms with Crippen molar-refractivity contribution in [2.24, 2.45) is 0 Å². The molecule has 0 amide bonds. The standard InChI is InChI=1S/C14H18BrN3/c1-14(2,3)11-4-6-13(7-5-11)18-10-12(8-9-15)16-17-18/h4-7,10H,8-9H2,1-3H3. The summed E-state index contributed by atoms with van der Waals surface area (Å²) in [5, 5.41) is 9.19. The minimum atomic E-state index is 0.183. The Kier molecular flexibility index (Phi) is 3.85. The number of aromatic nitrogens is 3. The van der Waals surface area contributed by atoms with E-state index in [4.69, 9.17) is 0 Å². The monoisotopic (exact) mass is 307 g/mol. The molecule has 1 aromatic heterocycles. The van der Waals surface area contributed by atoms with Gasteiger partial charge in [0.05, 0.1) is 17.6 Å². The summed E-state index contributed by atoms with van der Waals surface area (Å²) in [4.78, 5) is 0. The predicted molar refractivity (Wildman–Crippen MR) is 77.6 cm³/mol. The van der Waals surface area contributed by atoms with Crippen LogP contribution in [0.3, 0.4) is 0 Å². The van der Waals surface area contributed by atoms with Crippen LogP contribution in [0.25, 0.3) is 5.69 Å². The SMILES string of the molecule is CC(C)(C)c1ccc(-n2cc(CCBr)nn2)cc1. The van der Waals surface area contributed by atoms with Gasteiger partial charge in [-0.1, -0.05) is 54.0 Å². The lowest BCUT2D eigenvalue weighted by molar-refractivity contribution is 0.590. The van der Waals surface area contributed by atoms with Crippen molar-refractivity contribution in [2.75, 3.05) is 5.33 Å². The van der Waals surface area contributed by atoms with Crippen molar-refractivity contribution in [3.05, 3.63) is 41.7 Å². The molecular formula is C14H18BrN3. The Morgan fingerprint density at radius 3 is 2.39 bits per heavy atom. The van der Waals surface area contributed by atoms with Gasteiger partial charge in [-0.2, -0.15) is 0 Å². The van der Waals surface area contributed by atoms with Crippen molar-refractivity contribution >= 4 is 15.9 Å². The number of hydrogen-bond donors (Lipinski definition) is 0. The largest absolute Gasteiger partial charge is 0.220 e. The summed E-state index contributed by atoms with van der Waals surface area (Å²) in [6.45, 7) is 6.64. The number of rotatable bonds is 3. The van der Waals surface area contributed by atoms with Crippen LogP contribution in [-0.4, -0.2) is 20.3 Å². The fraction of sp³-hybridized carbons (Fsp3) is 0.429. The van der Waals surface area contributed by atoms with Crippen LogP contribution in [0.2, 0.25) is 0 Å². The van der Waals surface area contributed by atoms with Crippen molar-refractivity contribution in [2.45, 2.75) is 32.6 Å². The lowest BCUT2D eigenvalue weighted by Gasteiger charge is -2.18. The number of halogens is 1. The summed E-state index contributed by atoms with van der Waals surface area (Å²) in [7, 11) is 0. The van der Waals surface area contributed by atoms with E-state index in [-0.39, 0.29) is 5.41 Å². The molecule has 0 aliphatic carbocycles. The van der Waals surface area contributed by atoms with Crippen molar-refractivity contribution in [1.29, 1.82) is 0 Å². The molecule has 3 nitrogen and oxygen atoms in total. The Hall–Kier alpha value is -1.16. The number of benzene rings is 1. The Bertz CT molecular complexity index is 509. The molecule has 2 rings (SSSR count). The topological polar surface area (TPSA) is 30.7 Å². The van der Waals surface area contributed by atoms with Crippen LogP contribution in [0.15, 0.2) is 30.5 Å². The maximum atomic E-state index is 4.14. The molecule has 0 saturated carbocycles. The van der Waals surface area contributed by atoms with Crippen molar-refractivity contribution < 1.29 is 0 Å². The first-order chi connectivity index (χ1) is 8.50. The fourth-order valence-electron chi connectivity index (χ4n) is 1.75. The van der Waals surface area contributed by atoms with Crippen molar-refractivity contribution in [3.8, 4) is 5.69 Å². The summed E-state index contributed by atoms with van der Waals surface area (Å²) in [6, 6.07) is 8.49. The molecule has 2 aromatic rings. The number of nitrogens with zero attached hydrogens (tertiary/aromatic N) is 3. The van der Waals surface area contributed by atoms with Gasteiger partial charge < -0.3 is 0 Å². The molecule has 0 N–H and O–H groups in total. The predicted octanol–water partition coefficient (Wildman–Crippen LogP) is 3.50. The lowest BCUT2D eigenvalue weighted by atomic mass is 9.87. The van der Waals surface area contributed by atoms with Gasteiger partial charge in [-0.3, -0.25) is 0 Å². The zero-order valence-electron chi connectivity index (χ0n) is 11.0. The first kappa shape index (κ1) is 13.3. The van der Waals surface area contributed by atoms with Crippen molar-refractivity contribution in [1.82, 2.24) is 15.0 Å². The van der Waals surface area contributed by atoms with Gasteiger partial charge in [0.2, 0.25) is 0 Å². The molecule has 1 aromatic carbocycles. The highest BCUT2D eigenvalue weighted by Gasteiger charge is 2.13. The molecule has 1 heterocycles. The molecule has 96 valence electrons. The molecule has 0 aliphatic heterocycles. The summed E-state index contributed by atoms with van der Waals surface area (Å²) in [5.41, 5.74) is 3.57. The first-order valence-electron chi connectivity index (χ1n) is 6.09. The van der Waals surface area contributed by atoms with Crippen LogP contribution in [0.1, 0.15) is 32.0 Å². The minimum absolute atomic E-state index is 0.183. The van der Waals surface area contributed by atoms with Crippen LogP contribution in [0, 0.1) is 0 Å². The molecule has 0 unspecified atom stereocenters. The molecule has 0 aliphatic rings. The van der Waals surface area contributed by atoms with Crippen LogP contribution < -0.4 is 0 Å². The van der Waals surface area contributed by atoms with Crippen molar-refractivity contribution in [3.63, 3.8) is 0 Å². The van der Waals surface area contributed by atoms with E-state index >= 15 is 0 Å². The lowest BCUT2D eigenvalue weighted by Crippen LogP contribution is -2.10. The molecule has 0 atom stereocenters. The van der Waals surface area contributed by atoms with Gasteiger partial charge in [-0.15, -0.1) is 5.10 Å². The third-order valence-corrected chi connectivity index (χ3v) is 3.29. The highest BCUT2D eigenvalue weighted by atomic mass is 79.9. The van der Waals surface area contributed by atoms with E-state index in [1.165, 1.54) is 5.56 Å². The highest BCUT2D eigenvalue weighted by Crippen LogP contribution is 2.22. The third kappa shape index (κ3) is 2.99. The zero-order valence-corrected chi connectivity index (χ0v) is 12.6. The van der Waals surface area contributed by atoms with Gasteiger partial charge in [0.15, 0.2) is 0 Å². The highest BCUT2D eigenvalue weighted by molar-refractivity contribution is 9.09. The van der Waals surface area contributed by atoms with E-state index < -0.39 is 0 Å². The minimum Gasteiger partial charge on any atom is -0.220 e. The van der Waals surface area contributed by atoms with Gasteiger partial charge in [-0.25, -0.2) is 4.68 Å². The van der Waals surface area contributed by atoms with Gasteiger partial charge in [-0.05, 0) is 23.1 Å². The Morgan fingerprint density at radius 2 is 1.83 bits per heavy atom. The summed E-state index contributed by atoms with van der Waals surface area (Å²) >= 11 is 3.41. The maximum Gasteiger partial charge on any atom is 0.0840 e. The number of hydrogen-bond acceptors (Lipinski definition) is 2. The summed E-state index contributed by atoms with van der Waals surface area (Å²) < 4.78 is 1.82. The molecule has 18 heavy (non-hydrogen) atoms. The smallest absolute Gasteiger partial charge is 0.0840 e. The van der Waals surface area contributed by atoms with Gasteiger partial charge in [0, 0.05) is 11.8 Å².